The van der Waals surface area contributed by atoms with Gasteiger partial charge in [-0.2, -0.15) is 0 Å². The van der Waals surface area contributed by atoms with Crippen molar-refractivity contribution >= 4 is 28.7 Å². The number of aromatic nitrogens is 1. The summed E-state index contributed by atoms with van der Waals surface area (Å²) in [4.78, 5) is 35.6. The van der Waals surface area contributed by atoms with Gasteiger partial charge in [0, 0.05) is 24.5 Å². The molecule has 0 fully saturated rings. The summed E-state index contributed by atoms with van der Waals surface area (Å²) in [6.07, 6.45) is -0.160. The molecular formula is C19H25N3O4. The number of carbonyl (C=O) groups is 3. The summed E-state index contributed by atoms with van der Waals surface area (Å²) in [5, 5.41) is 15.0. The lowest BCUT2D eigenvalue weighted by Gasteiger charge is -2.21. The second kappa shape index (κ2) is 8.03. The second-order valence-electron chi connectivity index (χ2n) is 6.78. The molecule has 1 heterocycles. The highest BCUT2D eigenvalue weighted by Crippen LogP contribution is 2.20. The molecule has 7 heteroatoms. The molecule has 140 valence electrons. The Morgan fingerprint density at radius 2 is 1.88 bits per heavy atom. The summed E-state index contributed by atoms with van der Waals surface area (Å²) < 4.78 is 1.80. The van der Waals surface area contributed by atoms with Gasteiger partial charge in [-0.1, -0.05) is 25.5 Å². The molecule has 26 heavy (non-hydrogen) atoms. The number of aliphatic carboxylic acids is 1. The number of nitrogens with one attached hydrogen (secondary N) is 2. The van der Waals surface area contributed by atoms with E-state index in [1.807, 2.05) is 46.0 Å². The minimum Gasteiger partial charge on any atom is -0.481 e. The Morgan fingerprint density at radius 1 is 1.19 bits per heavy atom. The Bertz CT molecular complexity index is 839. The van der Waals surface area contributed by atoms with E-state index >= 15 is 0 Å². The largest absolute Gasteiger partial charge is 0.481 e. The van der Waals surface area contributed by atoms with Gasteiger partial charge in [0.05, 0.1) is 6.42 Å². The van der Waals surface area contributed by atoms with Crippen LogP contribution in [0.5, 0.6) is 0 Å². The molecule has 2 amide bonds. The SMILES string of the molecule is Cc1ccc2c(c1)cc(C(=O)NC(C(=O)NCCC(=O)O)C(C)C)n2C. The normalized spacial score (nSPS) is 12.2. The summed E-state index contributed by atoms with van der Waals surface area (Å²) in [6, 6.07) is 7.01. The summed E-state index contributed by atoms with van der Waals surface area (Å²) in [7, 11) is 1.81. The van der Waals surface area contributed by atoms with Crippen LogP contribution in [-0.2, 0) is 16.6 Å². The van der Waals surface area contributed by atoms with Gasteiger partial charge in [0.25, 0.3) is 5.91 Å². The molecule has 0 saturated heterocycles. The van der Waals surface area contributed by atoms with Gasteiger partial charge < -0.3 is 20.3 Å². The van der Waals surface area contributed by atoms with Crippen molar-refractivity contribution in [2.45, 2.75) is 33.2 Å². The van der Waals surface area contributed by atoms with E-state index in [1.165, 1.54) is 0 Å². The predicted octanol–water partition coefficient (Wildman–Crippen LogP) is 1.83. The van der Waals surface area contributed by atoms with Crippen LogP contribution in [0, 0.1) is 12.8 Å². The van der Waals surface area contributed by atoms with Gasteiger partial charge in [0.15, 0.2) is 0 Å². The molecule has 0 aliphatic heterocycles. The Balaban J connectivity index is 2.16. The average molecular weight is 359 g/mol. The average Bonchev–Trinajstić information content (AvgIpc) is 2.87. The number of hydrogen-bond acceptors (Lipinski definition) is 3. The van der Waals surface area contributed by atoms with Gasteiger partial charge in [0.1, 0.15) is 11.7 Å². The fourth-order valence-corrected chi connectivity index (χ4v) is 2.84. The van der Waals surface area contributed by atoms with Crippen LogP contribution >= 0.6 is 0 Å². The van der Waals surface area contributed by atoms with Crippen molar-refractivity contribution in [1.82, 2.24) is 15.2 Å². The van der Waals surface area contributed by atoms with Crippen LogP contribution in [0.1, 0.15) is 36.3 Å². The lowest BCUT2D eigenvalue weighted by molar-refractivity contribution is -0.137. The van der Waals surface area contributed by atoms with E-state index in [2.05, 4.69) is 10.6 Å². The van der Waals surface area contributed by atoms with E-state index in [4.69, 9.17) is 5.11 Å². The third-order valence-electron chi connectivity index (χ3n) is 4.30. The van der Waals surface area contributed by atoms with Gasteiger partial charge in [0.2, 0.25) is 5.91 Å². The maximum absolute atomic E-state index is 12.7. The molecule has 7 nitrogen and oxygen atoms in total. The lowest BCUT2D eigenvalue weighted by atomic mass is 10.0. The molecule has 0 aliphatic rings. The Kier molecular flexibility index (Phi) is 6.02. The first-order valence-corrected chi connectivity index (χ1v) is 8.57. The maximum atomic E-state index is 12.7. The molecule has 0 saturated carbocycles. The smallest absolute Gasteiger partial charge is 0.305 e. The predicted molar refractivity (Wildman–Crippen MR) is 99.0 cm³/mol. The highest BCUT2D eigenvalue weighted by molar-refractivity contribution is 6.01. The summed E-state index contributed by atoms with van der Waals surface area (Å²) >= 11 is 0. The van der Waals surface area contributed by atoms with Gasteiger partial charge in [-0.15, -0.1) is 0 Å². The number of carboxylic acid groups (broad SMARTS) is 1. The van der Waals surface area contributed by atoms with Crippen LogP contribution in [0.15, 0.2) is 24.3 Å². The van der Waals surface area contributed by atoms with E-state index in [9.17, 15) is 14.4 Å². The summed E-state index contributed by atoms with van der Waals surface area (Å²) in [6.45, 7) is 5.67. The van der Waals surface area contributed by atoms with Crippen LogP contribution in [0.2, 0.25) is 0 Å². The molecular weight excluding hydrogens is 334 g/mol. The minimum absolute atomic E-state index is 0.0283. The minimum atomic E-state index is -0.985. The summed E-state index contributed by atoms with van der Waals surface area (Å²) in [5.74, 6) is -1.85. The van der Waals surface area contributed by atoms with E-state index in [-0.39, 0.29) is 30.7 Å². The molecule has 0 bridgehead atoms. The zero-order valence-corrected chi connectivity index (χ0v) is 15.5. The van der Waals surface area contributed by atoms with Crippen molar-refractivity contribution in [3.8, 4) is 0 Å². The molecule has 0 spiro atoms. The van der Waals surface area contributed by atoms with Gasteiger partial charge in [-0.05, 0) is 31.0 Å². The monoisotopic (exact) mass is 359 g/mol. The van der Waals surface area contributed by atoms with Crippen molar-refractivity contribution in [2.24, 2.45) is 13.0 Å². The number of fused-ring (bicyclic) bond motifs is 1. The third kappa shape index (κ3) is 4.41. The lowest BCUT2D eigenvalue weighted by Crippen LogP contribution is -2.50. The van der Waals surface area contributed by atoms with Crippen LogP contribution in [-0.4, -0.2) is 40.0 Å². The van der Waals surface area contributed by atoms with Gasteiger partial charge in [-0.25, -0.2) is 0 Å². The van der Waals surface area contributed by atoms with Gasteiger partial charge >= 0.3 is 5.97 Å². The fourth-order valence-electron chi connectivity index (χ4n) is 2.84. The van der Waals surface area contributed by atoms with Crippen molar-refractivity contribution in [3.05, 3.63) is 35.5 Å². The van der Waals surface area contributed by atoms with Crippen LogP contribution in [0.4, 0.5) is 0 Å². The maximum Gasteiger partial charge on any atom is 0.305 e. The Labute approximate surface area is 152 Å². The zero-order chi connectivity index (χ0) is 19.4. The second-order valence-corrected chi connectivity index (χ2v) is 6.78. The quantitative estimate of drug-likeness (QED) is 0.702. The van der Waals surface area contributed by atoms with Crippen molar-refractivity contribution in [2.75, 3.05) is 6.54 Å². The molecule has 0 radical (unpaired) electrons. The number of carboxylic acids is 1. The number of carbonyl (C=O) groups excluding carboxylic acids is 2. The highest BCUT2D eigenvalue weighted by atomic mass is 16.4. The summed E-state index contributed by atoms with van der Waals surface area (Å²) in [5.41, 5.74) is 2.51. The number of benzene rings is 1. The molecule has 2 aromatic rings. The highest BCUT2D eigenvalue weighted by Gasteiger charge is 2.25. The first-order chi connectivity index (χ1) is 12.2. The Morgan fingerprint density at radius 3 is 2.50 bits per heavy atom. The van der Waals surface area contributed by atoms with Crippen molar-refractivity contribution in [1.29, 1.82) is 0 Å². The third-order valence-corrected chi connectivity index (χ3v) is 4.30. The first kappa shape index (κ1) is 19.5. The van der Waals surface area contributed by atoms with E-state index in [0.29, 0.717) is 5.69 Å². The number of aryl methyl sites for hydroxylation is 2. The molecule has 1 aromatic carbocycles. The molecule has 1 unspecified atom stereocenters. The number of rotatable bonds is 7. The number of nitrogens with zero attached hydrogens (tertiary/aromatic N) is 1. The van der Waals surface area contributed by atoms with Crippen molar-refractivity contribution < 1.29 is 19.5 Å². The molecule has 3 N–H and O–H groups in total. The van der Waals surface area contributed by atoms with E-state index < -0.39 is 12.0 Å². The molecule has 1 atom stereocenters. The van der Waals surface area contributed by atoms with Crippen molar-refractivity contribution in [3.63, 3.8) is 0 Å². The van der Waals surface area contributed by atoms with E-state index in [0.717, 1.165) is 16.5 Å². The first-order valence-electron chi connectivity index (χ1n) is 8.57. The zero-order valence-electron chi connectivity index (χ0n) is 15.5. The van der Waals surface area contributed by atoms with Crippen LogP contribution in [0.25, 0.3) is 10.9 Å². The number of amides is 2. The topological polar surface area (TPSA) is 100 Å². The van der Waals surface area contributed by atoms with Crippen LogP contribution in [0.3, 0.4) is 0 Å². The Hall–Kier alpha value is -2.83. The molecule has 0 aliphatic carbocycles. The molecule has 1 aromatic heterocycles. The fraction of sp³-hybridized carbons (Fsp3) is 0.421. The number of hydrogen-bond donors (Lipinski definition) is 3. The van der Waals surface area contributed by atoms with Crippen LogP contribution < -0.4 is 10.6 Å². The van der Waals surface area contributed by atoms with Gasteiger partial charge in [-0.3, -0.25) is 14.4 Å². The van der Waals surface area contributed by atoms with E-state index in [1.54, 1.807) is 10.6 Å². The molecule has 2 rings (SSSR count). The standard InChI is InChI=1S/C19H25N3O4/c1-11(2)17(19(26)20-8-7-16(23)24)21-18(25)15-10-13-9-12(3)5-6-14(13)22(15)4/h5-6,9-11,17H,7-8H2,1-4H3,(H,20,26)(H,21,25)(H,23,24).